The number of aromatic nitrogens is 1. The lowest BCUT2D eigenvalue weighted by Crippen LogP contribution is -2.31. The topological polar surface area (TPSA) is 63.5 Å². The number of nitrogens with zero attached hydrogens (tertiary/aromatic N) is 2. The number of nitrogens with one attached hydrogen (secondary N) is 1. The van der Waals surface area contributed by atoms with Crippen molar-refractivity contribution < 1.29 is 4.79 Å². The first-order valence-electron chi connectivity index (χ1n) is 7.10. The third-order valence-electron chi connectivity index (χ3n) is 3.20. The Hall–Kier alpha value is -2.69. The van der Waals surface area contributed by atoms with Crippen molar-refractivity contribution in [3.8, 4) is 0 Å². The molecule has 2 aromatic rings. The Bertz CT molecular complexity index is 760. The first-order valence-corrected chi connectivity index (χ1v) is 7.10. The summed E-state index contributed by atoms with van der Waals surface area (Å²) in [6.07, 6.45) is 3.22. The average molecular weight is 297 g/mol. The van der Waals surface area contributed by atoms with Gasteiger partial charge in [0, 0.05) is 12.2 Å². The molecule has 0 spiro atoms. The van der Waals surface area contributed by atoms with E-state index in [1.165, 1.54) is 10.6 Å². The largest absolute Gasteiger partial charge is 0.312 e. The minimum Gasteiger partial charge on any atom is -0.312 e. The van der Waals surface area contributed by atoms with Crippen molar-refractivity contribution in [2.75, 3.05) is 0 Å². The number of benzene rings is 1. The lowest BCUT2D eigenvalue weighted by Gasteiger charge is -2.10. The molecule has 0 radical (unpaired) electrons. The molecule has 114 valence electrons. The van der Waals surface area contributed by atoms with Gasteiger partial charge in [-0.25, -0.2) is 5.43 Å². The molecular formula is C17H19N3O2. The van der Waals surface area contributed by atoms with Crippen LogP contribution in [0.4, 0.5) is 0 Å². The number of amides is 1. The van der Waals surface area contributed by atoms with Crippen molar-refractivity contribution in [1.29, 1.82) is 0 Å². The van der Waals surface area contributed by atoms with Gasteiger partial charge in [-0.3, -0.25) is 9.59 Å². The Balaban J connectivity index is 2.13. The zero-order valence-electron chi connectivity index (χ0n) is 12.9. The Kier molecular flexibility index (Phi) is 4.88. The second-order valence-electron chi connectivity index (χ2n) is 5.34. The molecule has 5 nitrogen and oxygen atoms in total. The second-order valence-corrected chi connectivity index (χ2v) is 5.34. The molecule has 2 rings (SSSR count). The molecule has 1 N–H and O–H groups in total. The van der Waals surface area contributed by atoms with Gasteiger partial charge in [-0.05, 0) is 38.5 Å². The maximum Gasteiger partial charge on any atom is 0.276 e. The van der Waals surface area contributed by atoms with Gasteiger partial charge in [0.2, 0.25) is 0 Å². The van der Waals surface area contributed by atoms with Gasteiger partial charge < -0.3 is 4.57 Å². The molecule has 0 atom stereocenters. The number of rotatable bonds is 4. The van der Waals surface area contributed by atoms with E-state index in [-0.39, 0.29) is 17.2 Å². The van der Waals surface area contributed by atoms with Crippen molar-refractivity contribution in [1.82, 2.24) is 9.99 Å². The molecular weight excluding hydrogens is 278 g/mol. The number of pyridine rings is 1. The van der Waals surface area contributed by atoms with Gasteiger partial charge in [0.15, 0.2) is 0 Å². The molecule has 0 aliphatic heterocycles. The molecule has 1 heterocycles. The second kappa shape index (κ2) is 6.85. The predicted molar refractivity (Wildman–Crippen MR) is 87.3 cm³/mol. The summed E-state index contributed by atoms with van der Waals surface area (Å²) in [7, 11) is 0. The van der Waals surface area contributed by atoms with Gasteiger partial charge in [0.05, 0.1) is 6.21 Å². The first-order chi connectivity index (χ1) is 10.5. The summed E-state index contributed by atoms with van der Waals surface area (Å²) in [5, 5.41) is 3.90. The van der Waals surface area contributed by atoms with Crippen molar-refractivity contribution in [3.05, 3.63) is 69.6 Å². The van der Waals surface area contributed by atoms with E-state index in [1.54, 1.807) is 18.5 Å². The fourth-order valence-corrected chi connectivity index (χ4v) is 2.07. The number of hydrogen-bond donors (Lipinski definition) is 1. The number of aryl methyl sites for hydroxylation is 1. The fourth-order valence-electron chi connectivity index (χ4n) is 2.07. The van der Waals surface area contributed by atoms with Gasteiger partial charge in [0.1, 0.15) is 5.56 Å². The van der Waals surface area contributed by atoms with Crippen LogP contribution in [0, 0.1) is 6.92 Å². The molecule has 0 saturated carbocycles. The van der Waals surface area contributed by atoms with Crippen molar-refractivity contribution in [2.24, 2.45) is 5.10 Å². The van der Waals surface area contributed by atoms with Crippen LogP contribution in [0.3, 0.4) is 0 Å². The molecule has 1 aromatic carbocycles. The number of hydrazone groups is 1. The minimum atomic E-state index is -0.510. The first kappa shape index (κ1) is 15.7. The van der Waals surface area contributed by atoms with E-state index < -0.39 is 5.91 Å². The monoisotopic (exact) mass is 297 g/mol. The molecule has 5 heteroatoms. The van der Waals surface area contributed by atoms with Crippen LogP contribution in [-0.2, 0) is 0 Å². The lowest BCUT2D eigenvalue weighted by molar-refractivity contribution is 0.0953. The van der Waals surface area contributed by atoms with Gasteiger partial charge in [-0.2, -0.15) is 5.10 Å². The quantitative estimate of drug-likeness (QED) is 0.696. The van der Waals surface area contributed by atoms with Gasteiger partial charge in [-0.15, -0.1) is 0 Å². The number of hydrogen-bond acceptors (Lipinski definition) is 3. The van der Waals surface area contributed by atoms with Gasteiger partial charge in [0.25, 0.3) is 11.5 Å². The summed E-state index contributed by atoms with van der Waals surface area (Å²) in [6, 6.07) is 10.9. The van der Waals surface area contributed by atoms with Crippen LogP contribution in [0.2, 0.25) is 0 Å². The Morgan fingerprint density at radius 3 is 2.73 bits per heavy atom. The van der Waals surface area contributed by atoms with E-state index in [2.05, 4.69) is 10.5 Å². The average Bonchev–Trinajstić information content (AvgIpc) is 2.47. The lowest BCUT2D eigenvalue weighted by atomic mass is 10.2. The molecule has 0 bridgehead atoms. The van der Waals surface area contributed by atoms with E-state index in [9.17, 15) is 9.59 Å². The molecule has 1 aromatic heterocycles. The molecule has 0 fully saturated rings. The summed E-state index contributed by atoms with van der Waals surface area (Å²) >= 11 is 0. The van der Waals surface area contributed by atoms with Crippen LogP contribution < -0.4 is 11.0 Å². The Morgan fingerprint density at radius 2 is 2.05 bits per heavy atom. The van der Waals surface area contributed by atoms with Crippen LogP contribution in [0.25, 0.3) is 0 Å². The highest BCUT2D eigenvalue weighted by atomic mass is 16.2. The van der Waals surface area contributed by atoms with E-state index in [0.29, 0.717) is 0 Å². The van der Waals surface area contributed by atoms with Crippen LogP contribution in [0.1, 0.15) is 41.4 Å². The maximum absolute atomic E-state index is 12.2. The highest BCUT2D eigenvalue weighted by Crippen LogP contribution is 2.02. The minimum absolute atomic E-state index is 0.00366. The van der Waals surface area contributed by atoms with E-state index in [0.717, 1.165) is 11.1 Å². The van der Waals surface area contributed by atoms with Gasteiger partial charge in [-0.1, -0.05) is 29.8 Å². The highest BCUT2D eigenvalue weighted by molar-refractivity contribution is 5.94. The van der Waals surface area contributed by atoms with Gasteiger partial charge >= 0.3 is 0 Å². The SMILES string of the molecule is Cc1cccc(/C=N\NC(=O)c2cccn(C(C)C)c2=O)c1. The third kappa shape index (κ3) is 3.69. The number of carbonyl (C=O) groups is 1. The zero-order chi connectivity index (χ0) is 16.1. The van der Waals surface area contributed by atoms with E-state index in [1.807, 2.05) is 45.0 Å². The van der Waals surface area contributed by atoms with Crippen molar-refractivity contribution in [3.63, 3.8) is 0 Å². The summed E-state index contributed by atoms with van der Waals surface area (Å²) < 4.78 is 1.51. The van der Waals surface area contributed by atoms with Crippen LogP contribution in [-0.4, -0.2) is 16.7 Å². The Labute approximate surface area is 129 Å². The van der Waals surface area contributed by atoms with E-state index >= 15 is 0 Å². The molecule has 1 amide bonds. The van der Waals surface area contributed by atoms with Crippen LogP contribution in [0.15, 0.2) is 52.5 Å². The summed E-state index contributed by atoms with van der Waals surface area (Å²) in [5.74, 6) is -0.510. The fraction of sp³-hybridized carbons (Fsp3) is 0.235. The van der Waals surface area contributed by atoms with Crippen LogP contribution >= 0.6 is 0 Å². The Morgan fingerprint density at radius 1 is 1.27 bits per heavy atom. The summed E-state index contributed by atoms with van der Waals surface area (Å²) in [6.45, 7) is 5.76. The predicted octanol–water partition coefficient (Wildman–Crippen LogP) is 2.50. The summed E-state index contributed by atoms with van der Waals surface area (Å²) in [4.78, 5) is 24.2. The molecule has 0 saturated heterocycles. The smallest absolute Gasteiger partial charge is 0.276 e. The highest BCUT2D eigenvalue weighted by Gasteiger charge is 2.12. The molecule has 0 aliphatic carbocycles. The molecule has 22 heavy (non-hydrogen) atoms. The standard InChI is InChI=1S/C17H19N3O2/c1-12(2)20-9-5-8-15(17(20)22)16(21)19-18-11-14-7-4-6-13(3)10-14/h4-12H,1-3H3,(H,19,21)/b18-11-. The van der Waals surface area contributed by atoms with Crippen LogP contribution in [0.5, 0.6) is 0 Å². The zero-order valence-corrected chi connectivity index (χ0v) is 12.9. The molecule has 0 aliphatic rings. The van der Waals surface area contributed by atoms with Crippen molar-refractivity contribution >= 4 is 12.1 Å². The van der Waals surface area contributed by atoms with E-state index in [4.69, 9.17) is 0 Å². The van der Waals surface area contributed by atoms with Crippen molar-refractivity contribution in [2.45, 2.75) is 26.8 Å². The third-order valence-corrected chi connectivity index (χ3v) is 3.20. The number of carbonyl (C=O) groups excluding carboxylic acids is 1. The normalized spacial score (nSPS) is 11.1. The summed E-state index contributed by atoms with van der Waals surface area (Å²) in [5.41, 5.74) is 4.15. The maximum atomic E-state index is 12.2. The molecule has 0 unspecified atom stereocenters.